The highest BCUT2D eigenvalue weighted by molar-refractivity contribution is 9.10. The van der Waals surface area contributed by atoms with Gasteiger partial charge in [-0.2, -0.15) is 0 Å². The minimum Gasteiger partial charge on any atom is -0.329 e. The number of amides is 1. The van der Waals surface area contributed by atoms with Gasteiger partial charge in [0.2, 0.25) is 5.56 Å². The fourth-order valence-corrected chi connectivity index (χ4v) is 1.86. The van der Waals surface area contributed by atoms with Gasteiger partial charge in [-0.25, -0.2) is 0 Å². The number of anilines is 1. The van der Waals surface area contributed by atoms with Crippen LogP contribution in [0, 0.1) is 0 Å². The summed E-state index contributed by atoms with van der Waals surface area (Å²) in [6.07, 6.45) is 1.43. The predicted molar refractivity (Wildman–Crippen MR) is 74.2 cm³/mol. The van der Waals surface area contributed by atoms with Crippen LogP contribution in [0.3, 0.4) is 0 Å². The van der Waals surface area contributed by atoms with Crippen molar-refractivity contribution >= 4 is 39.1 Å². The van der Waals surface area contributed by atoms with Crippen molar-refractivity contribution < 1.29 is 4.79 Å². The van der Waals surface area contributed by atoms with Gasteiger partial charge in [-0.15, -0.1) is 0 Å². The zero-order valence-corrected chi connectivity index (χ0v) is 11.4. The van der Waals surface area contributed by atoms with Crippen molar-refractivity contribution in [2.75, 3.05) is 5.32 Å². The van der Waals surface area contributed by atoms with E-state index < -0.39 is 0 Å². The Bertz CT molecular complexity index is 655. The van der Waals surface area contributed by atoms with Crippen molar-refractivity contribution in [1.29, 1.82) is 0 Å². The van der Waals surface area contributed by atoms with E-state index in [1.165, 1.54) is 18.3 Å². The number of hydrogen-bond donors (Lipinski definition) is 2. The molecular formula is C12H8BrClN2O2. The average Bonchev–Trinajstić information content (AvgIpc) is 2.34. The van der Waals surface area contributed by atoms with Crippen LogP contribution < -0.4 is 10.9 Å². The van der Waals surface area contributed by atoms with E-state index in [1.54, 1.807) is 18.2 Å². The second-order valence-electron chi connectivity index (χ2n) is 3.52. The second kappa shape index (κ2) is 5.37. The maximum Gasteiger partial charge on any atom is 0.255 e. The molecule has 1 heterocycles. The molecule has 4 nitrogen and oxygen atoms in total. The third-order valence-corrected chi connectivity index (χ3v) is 3.43. The monoisotopic (exact) mass is 326 g/mol. The molecule has 1 aromatic carbocycles. The molecule has 0 fully saturated rings. The van der Waals surface area contributed by atoms with Crippen molar-refractivity contribution in [1.82, 2.24) is 4.98 Å². The first kappa shape index (κ1) is 12.9. The van der Waals surface area contributed by atoms with E-state index in [9.17, 15) is 9.59 Å². The van der Waals surface area contributed by atoms with E-state index in [4.69, 9.17) is 11.6 Å². The van der Waals surface area contributed by atoms with Gasteiger partial charge in [0.15, 0.2) is 0 Å². The number of pyridine rings is 1. The van der Waals surface area contributed by atoms with Crippen molar-refractivity contribution in [2.45, 2.75) is 0 Å². The van der Waals surface area contributed by atoms with Gasteiger partial charge in [0.25, 0.3) is 5.91 Å². The summed E-state index contributed by atoms with van der Waals surface area (Å²) >= 11 is 9.12. The minimum absolute atomic E-state index is 0.296. The predicted octanol–water partition coefficient (Wildman–Crippen LogP) is 3.04. The number of carbonyl (C=O) groups excluding carboxylic acids is 1. The van der Waals surface area contributed by atoms with E-state index in [-0.39, 0.29) is 11.5 Å². The summed E-state index contributed by atoms with van der Waals surface area (Å²) in [4.78, 5) is 25.4. The maximum absolute atomic E-state index is 11.9. The van der Waals surface area contributed by atoms with Crippen LogP contribution in [0.5, 0.6) is 0 Å². The van der Waals surface area contributed by atoms with Crippen LogP contribution in [-0.2, 0) is 0 Å². The van der Waals surface area contributed by atoms with Crippen molar-refractivity contribution in [3.05, 3.63) is 61.9 Å². The van der Waals surface area contributed by atoms with E-state index in [1.807, 2.05) is 0 Å². The summed E-state index contributed by atoms with van der Waals surface area (Å²) in [5.74, 6) is -0.352. The summed E-state index contributed by atoms with van der Waals surface area (Å²) in [6.45, 7) is 0. The molecule has 2 rings (SSSR count). The molecule has 2 aromatic rings. The third-order valence-electron chi connectivity index (χ3n) is 2.21. The Morgan fingerprint density at radius 1 is 1.28 bits per heavy atom. The Kier molecular flexibility index (Phi) is 3.84. The molecule has 0 aliphatic carbocycles. The van der Waals surface area contributed by atoms with E-state index in [0.717, 1.165) is 0 Å². The molecule has 1 amide bonds. The van der Waals surface area contributed by atoms with Crippen LogP contribution in [-0.4, -0.2) is 10.9 Å². The molecule has 2 N–H and O–H groups in total. The van der Waals surface area contributed by atoms with Gasteiger partial charge < -0.3 is 10.3 Å². The van der Waals surface area contributed by atoms with Gasteiger partial charge in [-0.1, -0.05) is 11.6 Å². The Hall–Kier alpha value is -1.59. The summed E-state index contributed by atoms with van der Waals surface area (Å²) in [5, 5.41) is 3.23. The molecule has 0 radical (unpaired) electrons. The zero-order chi connectivity index (χ0) is 13.1. The number of H-pyrrole nitrogens is 1. The largest absolute Gasteiger partial charge is 0.329 e. The number of nitrogens with one attached hydrogen (secondary N) is 2. The van der Waals surface area contributed by atoms with Crippen LogP contribution in [0.25, 0.3) is 0 Å². The molecule has 92 valence electrons. The Morgan fingerprint density at radius 2 is 2.06 bits per heavy atom. The first-order valence-electron chi connectivity index (χ1n) is 5.01. The lowest BCUT2D eigenvalue weighted by Gasteiger charge is -2.06. The first-order valence-corrected chi connectivity index (χ1v) is 6.18. The minimum atomic E-state index is -0.352. The smallest absolute Gasteiger partial charge is 0.255 e. The Morgan fingerprint density at radius 3 is 2.72 bits per heavy atom. The van der Waals surface area contributed by atoms with Crippen LogP contribution >= 0.6 is 27.5 Å². The lowest BCUT2D eigenvalue weighted by molar-refractivity contribution is 0.102. The molecular weight excluding hydrogens is 320 g/mol. The number of rotatable bonds is 2. The van der Waals surface area contributed by atoms with Gasteiger partial charge in [0, 0.05) is 28.0 Å². The van der Waals surface area contributed by atoms with Crippen LogP contribution in [0.4, 0.5) is 5.69 Å². The maximum atomic E-state index is 11.9. The Labute approximate surface area is 116 Å². The van der Waals surface area contributed by atoms with Gasteiger partial charge in [0.1, 0.15) is 0 Å². The molecule has 18 heavy (non-hydrogen) atoms. The topological polar surface area (TPSA) is 62.0 Å². The summed E-state index contributed by atoms with van der Waals surface area (Å²) in [7, 11) is 0. The van der Waals surface area contributed by atoms with Gasteiger partial charge in [-0.05, 0) is 40.2 Å². The third kappa shape index (κ3) is 3.00. The van der Waals surface area contributed by atoms with E-state index in [0.29, 0.717) is 20.7 Å². The van der Waals surface area contributed by atoms with Crippen LogP contribution in [0.2, 0.25) is 5.02 Å². The van der Waals surface area contributed by atoms with Crippen molar-refractivity contribution in [3.8, 4) is 0 Å². The SMILES string of the molecule is O=C(Nc1ccc(Cl)c(Br)c1)c1cc[nH]c(=O)c1. The average molecular weight is 328 g/mol. The second-order valence-corrected chi connectivity index (χ2v) is 4.79. The molecule has 0 atom stereocenters. The van der Waals surface area contributed by atoms with E-state index in [2.05, 4.69) is 26.2 Å². The molecule has 0 unspecified atom stereocenters. The number of hydrogen-bond acceptors (Lipinski definition) is 2. The number of benzene rings is 1. The van der Waals surface area contributed by atoms with Crippen LogP contribution in [0.15, 0.2) is 45.8 Å². The number of aromatic nitrogens is 1. The molecule has 1 aromatic heterocycles. The fourth-order valence-electron chi connectivity index (χ4n) is 1.36. The number of carbonyl (C=O) groups is 1. The molecule has 0 spiro atoms. The normalized spacial score (nSPS) is 10.1. The molecule has 0 bridgehead atoms. The molecule has 0 saturated heterocycles. The van der Waals surface area contributed by atoms with Gasteiger partial charge >= 0.3 is 0 Å². The fraction of sp³-hybridized carbons (Fsp3) is 0. The summed E-state index contributed by atoms with van der Waals surface area (Å²) < 4.78 is 0.688. The Balaban J connectivity index is 2.21. The standard InChI is InChI=1S/C12H8BrClN2O2/c13-9-6-8(1-2-10(9)14)16-12(18)7-3-4-15-11(17)5-7/h1-6H,(H,15,17)(H,16,18). The van der Waals surface area contributed by atoms with Crippen molar-refractivity contribution in [3.63, 3.8) is 0 Å². The highest BCUT2D eigenvalue weighted by atomic mass is 79.9. The van der Waals surface area contributed by atoms with Gasteiger partial charge in [-0.3, -0.25) is 9.59 Å². The van der Waals surface area contributed by atoms with Gasteiger partial charge in [0.05, 0.1) is 5.02 Å². The quantitative estimate of drug-likeness (QED) is 0.890. The molecule has 0 saturated carbocycles. The van der Waals surface area contributed by atoms with Crippen molar-refractivity contribution in [2.24, 2.45) is 0 Å². The lowest BCUT2D eigenvalue weighted by atomic mass is 10.2. The summed E-state index contributed by atoms with van der Waals surface area (Å²) in [6, 6.07) is 7.80. The first-order chi connectivity index (χ1) is 8.56. The number of aromatic amines is 1. The highest BCUT2D eigenvalue weighted by Gasteiger charge is 2.07. The zero-order valence-electron chi connectivity index (χ0n) is 9.04. The summed E-state index contributed by atoms with van der Waals surface area (Å²) in [5.41, 5.74) is 0.571. The van der Waals surface area contributed by atoms with Crippen LogP contribution in [0.1, 0.15) is 10.4 Å². The van der Waals surface area contributed by atoms with E-state index >= 15 is 0 Å². The lowest BCUT2D eigenvalue weighted by Crippen LogP contribution is -2.15. The molecule has 6 heteroatoms. The highest BCUT2D eigenvalue weighted by Crippen LogP contribution is 2.25. The molecule has 0 aliphatic rings. The number of halogens is 2. The molecule has 0 aliphatic heterocycles.